The van der Waals surface area contributed by atoms with E-state index in [0.717, 1.165) is 0 Å². The normalized spacial score (nSPS) is 11.6. The van der Waals surface area contributed by atoms with Crippen molar-refractivity contribution in [2.24, 2.45) is 0 Å². The number of nitrogens with one attached hydrogen (secondary N) is 3. The van der Waals surface area contributed by atoms with Crippen LogP contribution in [0.2, 0.25) is 0 Å². The Hall–Kier alpha value is -3.94. The van der Waals surface area contributed by atoms with E-state index in [1.165, 1.54) is 49.5 Å². The van der Waals surface area contributed by atoms with E-state index in [0.29, 0.717) is 17.4 Å². The molecule has 0 unspecified atom stereocenters. The highest BCUT2D eigenvalue weighted by Gasteiger charge is 2.35. The molecule has 0 atom stereocenters. The highest BCUT2D eigenvalue weighted by molar-refractivity contribution is 7.92. The molecule has 0 aliphatic heterocycles. The minimum absolute atomic E-state index is 0.0173. The molecule has 0 aliphatic carbocycles. The van der Waals surface area contributed by atoms with Crippen LogP contribution in [0.1, 0.15) is 28.4 Å². The summed E-state index contributed by atoms with van der Waals surface area (Å²) in [6.45, 7) is 1.21. The number of sulfonamides is 1. The van der Waals surface area contributed by atoms with Gasteiger partial charge in [-0.15, -0.1) is 0 Å². The lowest BCUT2D eigenvalue weighted by Crippen LogP contribution is -2.18. The number of anilines is 4. The lowest BCUT2D eigenvalue weighted by atomic mass is 10.2. The maximum Gasteiger partial charge on any atom is 0.421 e. The molecule has 180 valence electrons. The fraction of sp³-hybridized carbons (Fsp3) is 0.200. The summed E-state index contributed by atoms with van der Waals surface area (Å²) in [5, 5.41) is 14.2. The molecule has 2 heterocycles. The van der Waals surface area contributed by atoms with Gasteiger partial charge >= 0.3 is 12.1 Å². The average molecular weight is 496 g/mol. The summed E-state index contributed by atoms with van der Waals surface area (Å²) >= 11 is 0. The molecule has 14 heteroatoms. The molecule has 0 saturated heterocycles. The van der Waals surface area contributed by atoms with Crippen LogP contribution in [0, 0.1) is 0 Å². The number of carbonyl (C=O) groups is 1. The van der Waals surface area contributed by atoms with E-state index in [1.54, 1.807) is 0 Å². The number of aromatic nitrogens is 3. The van der Waals surface area contributed by atoms with E-state index in [4.69, 9.17) is 5.11 Å². The Kier molecular flexibility index (Phi) is 7.20. The molecule has 0 saturated carbocycles. The number of hydrogen-bond acceptors (Lipinski definition) is 8. The summed E-state index contributed by atoms with van der Waals surface area (Å²) in [6, 6.07) is 8.48. The van der Waals surface area contributed by atoms with Crippen LogP contribution in [0.25, 0.3) is 0 Å². The molecule has 0 aliphatic rings. The van der Waals surface area contributed by atoms with Crippen LogP contribution in [0.4, 0.5) is 36.4 Å². The second kappa shape index (κ2) is 9.91. The molecule has 10 nitrogen and oxygen atoms in total. The van der Waals surface area contributed by atoms with Gasteiger partial charge in [0.1, 0.15) is 17.2 Å². The Morgan fingerprint density at radius 1 is 1.09 bits per heavy atom. The highest BCUT2D eigenvalue weighted by atomic mass is 32.2. The van der Waals surface area contributed by atoms with Crippen molar-refractivity contribution in [3.8, 4) is 0 Å². The fourth-order valence-electron chi connectivity index (χ4n) is 2.68. The van der Waals surface area contributed by atoms with Crippen LogP contribution in [-0.2, 0) is 22.7 Å². The molecule has 0 spiro atoms. The van der Waals surface area contributed by atoms with Crippen molar-refractivity contribution in [2.75, 3.05) is 21.1 Å². The standard InChI is InChI=1S/C20H19F3N6O4S/c1-2-34(32,33)29-16-13(4-3-9-24-16)10-25-17-15(20(21,22)23)11-26-19(28-17)27-14-7-5-12(6-8-14)18(30)31/h3-9,11H,2,10H2,1H3,(H,24,29)(H,30,31)(H2,25,26,27,28). The molecule has 2 aromatic heterocycles. The third kappa shape index (κ3) is 6.31. The molecule has 1 aromatic carbocycles. The third-order valence-electron chi connectivity index (χ3n) is 4.45. The zero-order valence-electron chi connectivity index (χ0n) is 17.6. The van der Waals surface area contributed by atoms with E-state index in [2.05, 4.69) is 30.3 Å². The molecule has 3 aromatic rings. The predicted octanol–water partition coefficient (Wildman–Crippen LogP) is 3.71. The number of rotatable bonds is 9. The van der Waals surface area contributed by atoms with Crippen molar-refractivity contribution in [1.82, 2.24) is 15.0 Å². The van der Waals surface area contributed by atoms with Gasteiger partial charge in [0.05, 0.1) is 11.3 Å². The van der Waals surface area contributed by atoms with E-state index in [1.807, 2.05) is 0 Å². The largest absolute Gasteiger partial charge is 0.478 e. The first-order chi connectivity index (χ1) is 16.0. The minimum Gasteiger partial charge on any atom is -0.478 e. The van der Waals surface area contributed by atoms with Gasteiger partial charge in [0.25, 0.3) is 0 Å². The lowest BCUT2D eigenvalue weighted by molar-refractivity contribution is -0.137. The Balaban J connectivity index is 1.86. The number of benzene rings is 1. The van der Waals surface area contributed by atoms with Gasteiger partial charge in [-0.05, 0) is 37.3 Å². The summed E-state index contributed by atoms with van der Waals surface area (Å²) in [7, 11) is -3.65. The number of nitrogens with zero attached hydrogens (tertiary/aromatic N) is 3. The van der Waals surface area contributed by atoms with Crippen LogP contribution in [0.15, 0.2) is 48.8 Å². The van der Waals surface area contributed by atoms with Gasteiger partial charge in [0.2, 0.25) is 16.0 Å². The fourth-order valence-corrected chi connectivity index (χ4v) is 3.30. The van der Waals surface area contributed by atoms with Gasteiger partial charge in [0.15, 0.2) is 0 Å². The van der Waals surface area contributed by atoms with Gasteiger partial charge in [-0.25, -0.2) is 23.2 Å². The zero-order chi connectivity index (χ0) is 24.9. The molecule has 0 fully saturated rings. The van der Waals surface area contributed by atoms with Gasteiger partial charge < -0.3 is 15.7 Å². The van der Waals surface area contributed by atoms with Gasteiger partial charge in [-0.3, -0.25) is 4.72 Å². The SMILES string of the molecule is CCS(=O)(=O)Nc1ncccc1CNc1nc(Nc2ccc(C(=O)O)cc2)ncc1C(F)(F)F. The van der Waals surface area contributed by atoms with Gasteiger partial charge in [-0.2, -0.15) is 18.2 Å². The zero-order valence-corrected chi connectivity index (χ0v) is 18.4. The number of aromatic carboxylic acids is 1. The van der Waals surface area contributed by atoms with Crippen LogP contribution >= 0.6 is 0 Å². The second-order valence-electron chi connectivity index (χ2n) is 6.83. The predicted molar refractivity (Wildman–Crippen MR) is 118 cm³/mol. The van der Waals surface area contributed by atoms with Crippen molar-refractivity contribution < 1.29 is 31.5 Å². The third-order valence-corrected chi connectivity index (χ3v) is 5.72. The number of carboxylic acid groups (broad SMARTS) is 1. The van der Waals surface area contributed by atoms with Crippen molar-refractivity contribution >= 4 is 39.3 Å². The summed E-state index contributed by atoms with van der Waals surface area (Å²) in [6.07, 6.45) is -2.81. The van der Waals surface area contributed by atoms with Crippen LogP contribution in [0.3, 0.4) is 0 Å². The summed E-state index contributed by atoms with van der Waals surface area (Å²) in [5.74, 6) is -2.06. The average Bonchev–Trinajstić information content (AvgIpc) is 2.78. The van der Waals surface area contributed by atoms with Crippen molar-refractivity contribution in [1.29, 1.82) is 0 Å². The van der Waals surface area contributed by atoms with Gasteiger partial charge in [0, 0.05) is 30.2 Å². The molecule has 4 N–H and O–H groups in total. The number of alkyl halides is 3. The van der Waals surface area contributed by atoms with E-state index >= 15 is 0 Å². The number of hydrogen-bond donors (Lipinski definition) is 4. The first kappa shape index (κ1) is 24.7. The Morgan fingerprint density at radius 2 is 1.79 bits per heavy atom. The quantitative estimate of drug-likeness (QED) is 0.348. The Morgan fingerprint density at radius 3 is 2.41 bits per heavy atom. The van der Waals surface area contributed by atoms with Crippen LogP contribution in [0.5, 0.6) is 0 Å². The van der Waals surface area contributed by atoms with Crippen molar-refractivity contribution in [3.05, 3.63) is 65.5 Å². The molecule has 0 amide bonds. The second-order valence-corrected chi connectivity index (χ2v) is 8.84. The van der Waals surface area contributed by atoms with Gasteiger partial charge in [-0.1, -0.05) is 6.07 Å². The van der Waals surface area contributed by atoms with Crippen molar-refractivity contribution in [2.45, 2.75) is 19.6 Å². The first-order valence-corrected chi connectivity index (χ1v) is 11.4. The minimum atomic E-state index is -4.76. The highest BCUT2D eigenvalue weighted by Crippen LogP contribution is 2.34. The molecule has 0 bridgehead atoms. The molecule has 34 heavy (non-hydrogen) atoms. The Bertz CT molecular complexity index is 1280. The number of pyridine rings is 1. The van der Waals surface area contributed by atoms with Crippen molar-refractivity contribution in [3.63, 3.8) is 0 Å². The first-order valence-electron chi connectivity index (χ1n) is 9.71. The smallest absolute Gasteiger partial charge is 0.421 e. The van der Waals surface area contributed by atoms with Crippen LogP contribution in [-0.4, -0.2) is 40.2 Å². The van der Waals surface area contributed by atoms with E-state index in [-0.39, 0.29) is 29.6 Å². The summed E-state index contributed by atoms with van der Waals surface area (Å²) in [5.41, 5.74) is -0.435. The van der Waals surface area contributed by atoms with E-state index in [9.17, 15) is 26.4 Å². The summed E-state index contributed by atoms with van der Waals surface area (Å²) in [4.78, 5) is 22.5. The molecule has 3 rings (SSSR count). The maximum atomic E-state index is 13.5. The van der Waals surface area contributed by atoms with Crippen LogP contribution < -0.4 is 15.4 Å². The lowest BCUT2D eigenvalue weighted by Gasteiger charge is -2.16. The maximum absolute atomic E-state index is 13.5. The molecular formula is C20H19F3N6O4S. The Labute approximate surface area is 192 Å². The molecular weight excluding hydrogens is 477 g/mol. The topological polar surface area (TPSA) is 146 Å². The van der Waals surface area contributed by atoms with E-state index < -0.39 is 33.6 Å². The number of halogens is 3. The summed E-state index contributed by atoms with van der Waals surface area (Å²) < 4.78 is 66.5. The number of carboxylic acids is 1. The monoisotopic (exact) mass is 496 g/mol. The molecule has 0 radical (unpaired) electrons.